The van der Waals surface area contributed by atoms with Crippen LogP contribution in [0, 0.1) is 6.92 Å². The molecular formula is C16H13BrClNO. The van der Waals surface area contributed by atoms with Gasteiger partial charge in [-0.3, -0.25) is 0 Å². The van der Waals surface area contributed by atoms with Crippen molar-refractivity contribution in [3.63, 3.8) is 0 Å². The van der Waals surface area contributed by atoms with Crippen molar-refractivity contribution in [1.29, 1.82) is 0 Å². The predicted octanol–water partition coefficient (Wildman–Crippen LogP) is 5.77. The number of rotatable bonds is 3. The number of furan rings is 1. The Hall–Kier alpha value is -1.45. The molecule has 20 heavy (non-hydrogen) atoms. The van der Waals surface area contributed by atoms with Crippen LogP contribution in [0.25, 0.3) is 11.0 Å². The molecule has 0 radical (unpaired) electrons. The molecule has 2 aromatic carbocycles. The Labute approximate surface area is 130 Å². The fourth-order valence-corrected chi connectivity index (χ4v) is 2.66. The highest BCUT2D eigenvalue weighted by Crippen LogP contribution is 2.28. The zero-order valence-corrected chi connectivity index (χ0v) is 13.3. The summed E-state index contributed by atoms with van der Waals surface area (Å²) < 4.78 is 6.65. The first-order valence-corrected chi connectivity index (χ1v) is 7.48. The lowest BCUT2D eigenvalue weighted by Crippen LogP contribution is -1.99. The zero-order chi connectivity index (χ0) is 14.1. The van der Waals surface area contributed by atoms with Gasteiger partial charge in [0, 0.05) is 27.7 Å². The van der Waals surface area contributed by atoms with Crippen LogP contribution in [0.15, 0.2) is 51.4 Å². The lowest BCUT2D eigenvalue weighted by molar-refractivity contribution is 0.573. The number of fused-ring (bicyclic) bond motifs is 1. The molecule has 0 aliphatic heterocycles. The number of hydrogen-bond acceptors (Lipinski definition) is 2. The Morgan fingerprint density at radius 1 is 1.20 bits per heavy atom. The average molecular weight is 351 g/mol. The Kier molecular flexibility index (Phi) is 3.72. The normalized spacial score (nSPS) is 10.9. The van der Waals surface area contributed by atoms with Gasteiger partial charge in [-0.25, -0.2) is 0 Å². The predicted molar refractivity (Wildman–Crippen MR) is 87.4 cm³/mol. The standard InChI is InChI=1S/C16H13BrClNO/c1-10-13(12-4-2-3-5-16(12)20-10)9-19-11-6-7-14(17)15(18)8-11/h2-8,19H,9H2,1H3. The Bertz CT molecular complexity index is 766. The first-order chi connectivity index (χ1) is 9.65. The smallest absolute Gasteiger partial charge is 0.134 e. The van der Waals surface area contributed by atoms with Gasteiger partial charge in [-0.1, -0.05) is 29.8 Å². The van der Waals surface area contributed by atoms with Crippen molar-refractivity contribution in [2.75, 3.05) is 5.32 Å². The maximum atomic E-state index is 6.10. The third kappa shape index (κ3) is 2.56. The minimum atomic E-state index is 0.698. The summed E-state index contributed by atoms with van der Waals surface area (Å²) in [7, 11) is 0. The van der Waals surface area contributed by atoms with Crippen LogP contribution in [0.5, 0.6) is 0 Å². The number of aryl methyl sites for hydroxylation is 1. The molecule has 102 valence electrons. The molecule has 0 unspecified atom stereocenters. The van der Waals surface area contributed by atoms with Crippen LogP contribution in [-0.4, -0.2) is 0 Å². The summed E-state index contributed by atoms with van der Waals surface area (Å²) in [4.78, 5) is 0. The second-order valence-electron chi connectivity index (χ2n) is 4.62. The van der Waals surface area contributed by atoms with E-state index >= 15 is 0 Å². The minimum Gasteiger partial charge on any atom is -0.461 e. The summed E-state index contributed by atoms with van der Waals surface area (Å²) in [5.74, 6) is 0.946. The molecule has 4 heteroatoms. The van der Waals surface area contributed by atoms with Gasteiger partial charge in [0.15, 0.2) is 0 Å². The van der Waals surface area contributed by atoms with E-state index in [4.69, 9.17) is 16.0 Å². The minimum absolute atomic E-state index is 0.698. The lowest BCUT2D eigenvalue weighted by Gasteiger charge is -2.07. The summed E-state index contributed by atoms with van der Waals surface area (Å²) in [5.41, 5.74) is 3.10. The van der Waals surface area contributed by atoms with Crippen molar-refractivity contribution in [1.82, 2.24) is 0 Å². The van der Waals surface area contributed by atoms with E-state index in [1.807, 2.05) is 43.3 Å². The number of hydrogen-bond donors (Lipinski definition) is 1. The third-order valence-electron chi connectivity index (χ3n) is 3.29. The van der Waals surface area contributed by atoms with Crippen molar-refractivity contribution in [3.05, 3.63) is 63.3 Å². The molecule has 3 rings (SSSR count). The van der Waals surface area contributed by atoms with E-state index in [0.717, 1.165) is 26.9 Å². The molecule has 0 saturated heterocycles. The van der Waals surface area contributed by atoms with E-state index in [-0.39, 0.29) is 0 Å². The molecule has 2 nitrogen and oxygen atoms in total. The molecule has 0 aliphatic carbocycles. The highest BCUT2D eigenvalue weighted by Gasteiger charge is 2.10. The van der Waals surface area contributed by atoms with Gasteiger partial charge in [0.25, 0.3) is 0 Å². The van der Waals surface area contributed by atoms with Crippen LogP contribution in [0.3, 0.4) is 0 Å². The van der Waals surface area contributed by atoms with Gasteiger partial charge in [0.1, 0.15) is 11.3 Å². The Morgan fingerprint density at radius 2 is 2.00 bits per heavy atom. The van der Waals surface area contributed by atoms with E-state index in [1.165, 1.54) is 5.56 Å². The second kappa shape index (κ2) is 5.51. The molecular weight excluding hydrogens is 338 g/mol. The SMILES string of the molecule is Cc1oc2ccccc2c1CNc1ccc(Br)c(Cl)c1. The zero-order valence-electron chi connectivity index (χ0n) is 10.9. The van der Waals surface area contributed by atoms with Crippen LogP contribution in [0.4, 0.5) is 5.69 Å². The fraction of sp³-hybridized carbons (Fsp3) is 0.125. The van der Waals surface area contributed by atoms with Gasteiger partial charge in [-0.15, -0.1) is 0 Å². The largest absolute Gasteiger partial charge is 0.461 e. The van der Waals surface area contributed by atoms with Crippen molar-refractivity contribution < 1.29 is 4.42 Å². The third-order valence-corrected chi connectivity index (χ3v) is 4.52. The van der Waals surface area contributed by atoms with Gasteiger partial charge in [0.2, 0.25) is 0 Å². The molecule has 0 atom stereocenters. The first kappa shape index (κ1) is 13.5. The van der Waals surface area contributed by atoms with Gasteiger partial charge >= 0.3 is 0 Å². The van der Waals surface area contributed by atoms with E-state index in [9.17, 15) is 0 Å². The maximum absolute atomic E-state index is 6.10. The number of para-hydroxylation sites is 1. The molecule has 1 aromatic heterocycles. The van der Waals surface area contributed by atoms with Gasteiger partial charge in [0.05, 0.1) is 5.02 Å². The van der Waals surface area contributed by atoms with Crippen LogP contribution in [0.2, 0.25) is 5.02 Å². The van der Waals surface area contributed by atoms with Gasteiger partial charge in [-0.05, 0) is 47.1 Å². The summed E-state index contributed by atoms with van der Waals surface area (Å²) >= 11 is 9.48. The van der Waals surface area contributed by atoms with Crippen LogP contribution >= 0.6 is 27.5 Å². The molecule has 3 aromatic rings. The van der Waals surface area contributed by atoms with E-state index in [0.29, 0.717) is 11.6 Å². The van der Waals surface area contributed by atoms with E-state index in [2.05, 4.69) is 27.3 Å². The monoisotopic (exact) mass is 349 g/mol. The molecule has 0 bridgehead atoms. The highest BCUT2D eigenvalue weighted by atomic mass is 79.9. The molecule has 0 aliphatic rings. The first-order valence-electron chi connectivity index (χ1n) is 6.31. The Balaban J connectivity index is 1.86. The van der Waals surface area contributed by atoms with Crippen molar-refractivity contribution in [2.24, 2.45) is 0 Å². The number of anilines is 1. The Morgan fingerprint density at radius 3 is 2.80 bits per heavy atom. The molecule has 0 amide bonds. The van der Waals surface area contributed by atoms with Gasteiger partial charge < -0.3 is 9.73 Å². The summed E-state index contributed by atoms with van der Waals surface area (Å²) in [6.45, 7) is 2.70. The van der Waals surface area contributed by atoms with Crippen LogP contribution in [-0.2, 0) is 6.54 Å². The fourth-order valence-electron chi connectivity index (χ4n) is 2.24. The second-order valence-corrected chi connectivity index (χ2v) is 5.88. The van der Waals surface area contributed by atoms with Crippen LogP contribution < -0.4 is 5.32 Å². The number of benzene rings is 2. The maximum Gasteiger partial charge on any atom is 0.134 e. The molecule has 0 fully saturated rings. The topological polar surface area (TPSA) is 25.2 Å². The van der Waals surface area contributed by atoms with Crippen molar-refractivity contribution in [3.8, 4) is 0 Å². The van der Waals surface area contributed by atoms with Crippen LogP contribution in [0.1, 0.15) is 11.3 Å². The average Bonchev–Trinajstić information content (AvgIpc) is 2.76. The number of halogens is 2. The van der Waals surface area contributed by atoms with Gasteiger partial charge in [-0.2, -0.15) is 0 Å². The summed E-state index contributed by atoms with van der Waals surface area (Å²) in [6, 6.07) is 13.9. The van der Waals surface area contributed by atoms with Crippen molar-refractivity contribution in [2.45, 2.75) is 13.5 Å². The molecule has 1 heterocycles. The number of nitrogens with one attached hydrogen (secondary N) is 1. The summed E-state index contributed by atoms with van der Waals surface area (Å²) in [6.07, 6.45) is 0. The van der Waals surface area contributed by atoms with Crippen molar-refractivity contribution >= 4 is 44.2 Å². The van der Waals surface area contributed by atoms with E-state index < -0.39 is 0 Å². The molecule has 0 saturated carbocycles. The molecule has 1 N–H and O–H groups in total. The molecule has 0 spiro atoms. The highest BCUT2D eigenvalue weighted by molar-refractivity contribution is 9.10. The lowest BCUT2D eigenvalue weighted by atomic mass is 10.1. The summed E-state index contributed by atoms with van der Waals surface area (Å²) in [5, 5.41) is 5.23. The quantitative estimate of drug-likeness (QED) is 0.648. The van der Waals surface area contributed by atoms with E-state index in [1.54, 1.807) is 0 Å².